The lowest BCUT2D eigenvalue weighted by atomic mass is 10.1. The van der Waals surface area contributed by atoms with Crippen LogP contribution in [0.3, 0.4) is 0 Å². The standard InChI is InChI=1S/C15H18F2N2O/c1-4-14(20)15-9(2)18-19(10(15)3)8-11-5-12(16)7-13(17)6-11/h5-7,14,20H,4,8H2,1-3H3. The molecule has 0 amide bonds. The molecule has 0 radical (unpaired) electrons. The quantitative estimate of drug-likeness (QED) is 0.933. The topological polar surface area (TPSA) is 38.1 Å². The molecule has 2 aromatic rings. The Hall–Kier alpha value is -1.75. The van der Waals surface area contributed by atoms with Crippen LogP contribution in [0.4, 0.5) is 8.78 Å². The van der Waals surface area contributed by atoms with Gasteiger partial charge in [-0.2, -0.15) is 5.10 Å². The molecule has 0 saturated carbocycles. The molecule has 1 aromatic carbocycles. The van der Waals surface area contributed by atoms with Crippen molar-refractivity contribution < 1.29 is 13.9 Å². The summed E-state index contributed by atoms with van der Waals surface area (Å²) in [6, 6.07) is 3.42. The first kappa shape index (κ1) is 14.7. The highest BCUT2D eigenvalue weighted by molar-refractivity contribution is 5.28. The maximum atomic E-state index is 13.2. The molecular weight excluding hydrogens is 262 g/mol. The number of halogens is 2. The maximum Gasteiger partial charge on any atom is 0.126 e. The van der Waals surface area contributed by atoms with Crippen molar-refractivity contribution in [2.24, 2.45) is 0 Å². The molecule has 1 aromatic heterocycles. The Kier molecular flexibility index (Phi) is 4.18. The Balaban J connectivity index is 2.35. The molecule has 1 heterocycles. The van der Waals surface area contributed by atoms with Crippen LogP contribution in [0.5, 0.6) is 0 Å². The molecule has 108 valence electrons. The minimum Gasteiger partial charge on any atom is -0.388 e. The van der Waals surface area contributed by atoms with Crippen LogP contribution in [0.1, 0.15) is 42.0 Å². The lowest BCUT2D eigenvalue weighted by molar-refractivity contribution is 0.172. The Bertz CT molecular complexity index is 602. The predicted octanol–water partition coefficient (Wildman–Crippen LogP) is 3.27. The van der Waals surface area contributed by atoms with Crippen LogP contribution in [0, 0.1) is 25.5 Å². The van der Waals surface area contributed by atoms with E-state index >= 15 is 0 Å². The number of hydrogen-bond acceptors (Lipinski definition) is 2. The molecule has 3 nitrogen and oxygen atoms in total. The number of hydrogen-bond donors (Lipinski definition) is 1. The van der Waals surface area contributed by atoms with Gasteiger partial charge in [0, 0.05) is 17.3 Å². The summed E-state index contributed by atoms with van der Waals surface area (Å²) in [5.41, 5.74) is 2.87. The first-order valence-electron chi connectivity index (χ1n) is 6.59. The third-order valence-electron chi connectivity index (χ3n) is 3.41. The van der Waals surface area contributed by atoms with E-state index in [9.17, 15) is 13.9 Å². The number of benzene rings is 1. The molecule has 1 atom stereocenters. The molecule has 0 aliphatic carbocycles. The van der Waals surface area contributed by atoms with Gasteiger partial charge >= 0.3 is 0 Å². The van der Waals surface area contributed by atoms with Crippen LogP contribution in [0.2, 0.25) is 0 Å². The van der Waals surface area contributed by atoms with Gasteiger partial charge in [0.1, 0.15) is 11.6 Å². The molecule has 20 heavy (non-hydrogen) atoms. The molecule has 5 heteroatoms. The van der Waals surface area contributed by atoms with E-state index in [4.69, 9.17) is 0 Å². The van der Waals surface area contributed by atoms with Gasteiger partial charge in [0.2, 0.25) is 0 Å². The van der Waals surface area contributed by atoms with Crippen molar-refractivity contribution in [3.05, 3.63) is 52.3 Å². The van der Waals surface area contributed by atoms with Crippen LogP contribution in [-0.4, -0.2) is 14.9 Å². The van der Waals surface area contributed by atoms with Gasteiger partial charge in [0.05, 0.1) is 18.3 Å². The number of aromatic nitrogens is 2. The smallest absolute Gasteiger partial charge is 0.126 e. The van der Waals surface area contributed by atoms with Crippen LogP contribution in [0.15, 0.2) is 18.2 Å². The molecular formula is C15H18F2N2O. The monoisotopic (exact) mass is 280 g/mol. The van der Waals surface area contributed by atoms with Crippen molar-refractivity contribution in [2.75, 3.05) is 0 Å². The molecule has 0 bridgehead atoms. The van der Waals surface area contributed by atoms with Crippen LogP contribution in [-0.2, 0) is 6.54 Å². The number of rotatable bonds is 4. The van der Waals surface area contributed by atoms with Crippen molar-refractivity contribution in [2.45, 2.75) is 39.8 Å². The maximum absolute atomic E-state index is 13.2. The normalized spacial score (nSPS) is 12.7. The summed E-state index contributed by atoms with van der Waals surface area (Å²) >= 11 is 0. The fourth-order valence-electron chi connectivity index (χ4n) is 2.43. The largest absolute Gasteiger partial charge is 0.388 e. The lowest BCUT2D eigenvalue weighted by Crippen LogP contribution is -2.06. The minimum absolute atomic E-state index is 0.276. The van der Waals surface area contributed by atoms with Gasteiger partial charge < -0.3 is 5.11 Å². The van der Waals surface area contributed by atoms with E-state index in [1.807, 2.05) is 20.8 Å². The van der Waals surface area contributed by atoms with Gasteiger partial charge in [-0.1, -0.05) is 6.92 Å². The molecule has 0 aliphatic heterocycles. The third-order valence-corrected chi connectivity index (χ3v) is 3.41. The fraction of sp³-hybridized carbons (Fsp3) is 0.400. The highest BCUT2D eigenvalue weighted by Gasteiger charge is 2.17. The van der Waals surface area contributed by atoms with Gasteiger partial charge in [0.25, 0.3) is 0 Å². The molecule has 0 fully saturated rings. The number of aliphatic hydroxyl groups is 1. The highest BCUT2D eigenvalue weighted by atomic mass is 19.1. The van der Waals surface area contributed by atoms with Crippen molar-refractivity contribution in [1.29, 1.82) is 0 Å². The van der Waals surface area contributed by atoms with Crippen molar-refractivity contribution >= 4 is 0 Å². The summed E-state index contributed by atoms with van der Waals surface area (Å²) in [7, 11) is 0. The molecule has 0 spiro atoms. The van der Waals surface area contributed by atoms with Gasteiger partial charge in [-0.05, 0) is 38.0 Å². The zero-order chi connectivity index (χ0) is 14.9. The first-order chi connectivity index (χ1) is 9.42. The highest BCUT2D eigenvalue weighted by Crippen LogP contribution is 2.24. The molecule has 0 saturated heterocycles. The van der Waals surface area contributed by atoms with E-state index in [0.717, 1.165) is 23.0 Å². The average molecular weight is 280 g/mol. The summed E-state index contributed by atoms with van der Waals surface area (Å²) in [6.45, 7) is 5.84. The SMILES string of the molecule is CCC(O)c1c(C)nn(Cc2cc(F)cc(F)c2)c1C. The summed E-state index contributed by atoms with van der Waals surface area (Å²) in [4.78, 5) is 0. The van der Waals surface area contributed by atoms with Crippen LogP contribution < -0.4 is 0 Å². The Morgan fingerprint density at radius 3 is 2.35 bits per heavy atom. The van der Waals surface area contributed by atoms with E-state index in [1.165, 1.54) is 12.1 Å². The Morgan fingerprint density at radius 2 is 1.80 bits per heavy atom. The summed E-state index contributed by atoms with van der Waals surface area (Å²) < 4.78 is 28.0. The van der Waals surface area contributed by atoms with E-state index in [-0.39, 0.29) is 6.54 Å². The number of aryl methyl sites for hydroxylation is 1. The van der Waals surface area contributed by atoms with Crippen LogP contribution in [0.25, 0.3) is 0 Å². The number of nitrogens with zero attached hydrogens (tertiary/aromatic N) is 2. The molecule has 2 rings (SSSR count). The van der Waals surface area contributed by atoms with Crippen LogP contribution >= 0.6 is 0 Å². The van der Waals surface area contributed by atoms with E-state index in [1.54, 1.807) is 4.68 Å². The van der Waals surface area contributed by atoms with Gasteiger partial charge in [-0.25, -0.2) is 8.78 Å². The second kappa shape index (κ2) is 5.71. The van der Waals surface area contributed by atoms with Crippen molar-refractivity contribution in [3.8, 4) is 0 Å². The Morgan fingerprint density at radius 1 is 1.20 bits per heavy atom. The fourth-order valence-corrected chi connectivity index (χ4v) is 2.43. The Labute approximate surface area is 116 Å². The summed E-state index contributed by atoms with van der Waals surface area (Å²) in [6.07, 6.45) is 0.0371. The van der Waals surface area contributed by atoms with E-state index in [0.29, 0.717) is 12.0 Å². The lowest BCUT2D eigenvalue weighted by Gasteiger charge is -2.09. The van der Waals surface area contributed by atoms with Crippen molar-refractivity contribution in [1.82, 2.24) is 9.78 Å². The van der Waals surface area contributed by atoms with Gasteiger partial charge in [-0.15, -0.1) is 0 Å². The number of aliphatic hydroxyl groups excluding tert-OH is 1. The predicted molar refractivity (Wildman–Crippen MR) is 72.4 cm³/mol. The van der Waals surface area contributed by atoms with Gasteiger partial charge in [0.15, 0.2) is 0 Å². The zero-order valence-electron chi connectivity index (χ0n) is 11.8. The summed E-state index contributed by atoms with van der Waals surface area (Å²) in [5.74, 6) is -1.20. The van der Waals surface area contributed by atoms with Crippen molar-refractivity contribution in [3.63, 3.8) is 0 Å². The summed E-state index contributed by atoms with van der Waals surface area (Å²) in [5, 5.41) is 14.3. The molecule has 1 unspecified atom stereocenters. The minimum atomic E-state index is -0.602. The third kappa shape index (κ3) is 2.88. The van der Waals surface area contributed by atoms with E-state index in [2.05, 4.69) is 5.10 Å². The zero-order valence-corrected chi connectivity index (χ0v) is 11.8. The van der Waals surface area contributed by atoms with Gasteiger partial charge in [-0.3, -0.25) is 4.68 Å². The first-order valence-corrected chi connectivity index (χ1v) is 6.59. The average Bonchev–Trinajstić information content (AvgIpc) is 2.62. The molecule has 1 N–H and O–H groups in total. The molecule has 0 aliphatic rings. The van der Waals surface area contributed by atoms with E-state index < -0.39 is 17.7 Å². The second-order valence-electron chi connectivity index (χ2n) is 4.94. The second-order valence-corrected chi connectivity index (χ2v) is 4.94.